The normalized spacial score (nSPS) is 30.2. The predicted octanol–water partition coefficient (Wildman–Crippen LogP) is -1.31. The van der Waals surface area contributed by atoms with Crippen molar-refractivity contribution in [3.63, 3.8) is 0 Å². The van der Waals surface area contributed by atoms with Crippen LogP contribution in [0.2, 0.25) is 0 Å². The zero-order valence-electron chi connectivity index (χ0n) is 11.4. The average Bonchev–Trinajstić information content (AvgIpc) is 2.94. The highest BCUT2D eigenvalue weighted by Gasteiger charge is 2.39. The SMILES string of the molecule is CC1OCCC1(O)CNC(=O)c1cn(C2CNC2)nn1. The van der Waals surface area contributed by atoms with Crippen molar-refractivity contribution in [2.24, 2.45) is 0 Å². The first-order valence-corrected chi connectivity index (χ1v) is 6.83. The molecule has 1 amide bonds. The Kier molecular flexibility index (Phi) is 3.45. The Morgan fingerprint density at radius 1 is 1.70 bits per heavy atom. The van der Waals surface area contributed by atoms with Crippen LogP contribution in [0.15, 0.2) is 6.20 Å². The van der Waals surface area contributed by atoms with Crippen LogP contribution in [0, 0.1) is 0 Å². The summed E-state index contributed by atoms with van der Waals surface area (Å²) in [4.78, 5) is 12.0. The first-order chi connectivity index (χ1) is 9.58. The van der Waals surface area contributed by atoms with Gasteiger partial charge in [-0.15, -0.1) is 5.10 Å². The maximum absolute atomic E-state index is 12.0. The molecule has 2 aliphatic rings. The van der Waals surface area contributed by atoms with Gasteiger partial charge in [-0.05, 0) is 6.92 Å². The van der Waals surface area contributed by atoms with E-state index in [9.17, 15) is 9.90 Å². The van der Waals surface area contributed by atoms with E-state index >= 15 is 0 Å². The topological polar surface area (TPSA) is 101 Å². The highest BCUT2D eigenvalue weighted by atomic mass is 16.5. The standard InChI is InChI=1S/C12H19N5O3/c1-8-12(19,2-3-20-8)7-14-11(18)10-6-17(16-15-10)9-4-13-5-9/h6,8-9,13,19H,2-5,7H2,1H3,(H,14,18). The molecule has 20 heavy (non-hydrogen) atoms. The Bertz CT molecular complexity index is 501. The number of aromatic nitrogens is 3. The molecule has 0 bridgehead atoms. The third kappa shape index (κ3) is 2.41. The van der Waals surface area contributed by atoms with Crippen LogP contribution in [0.3, 0.4) is 0 Å². The number of nitrogens with one attached hydrogen (secondary N) is 2. The number of carbonyl (C=O) groups is 1. The molecule has 0 saturated carbocycles. The fourth-order valence-corrected chi connectivity index (χ4v) is 2.35. The smallest absolute Gasteiger partial charge is 0.273 e. The van der Waals surface area contributed by atoms with Crippen LogP contribution >= 0.6 is 0 Å². The highest BCUT2D eigenvalue weighted by molar-refractivity contribution is 5.91. The van der Waals surface area contributed by atoms with E-state index in [-0.39, 0.29) is 30.3 Å². The molecule has 1 aromatic heterocycles. The van der Waals surface area contributed by atoms with Crippen LogP contribution in [0.4, 0.5) is 0 Å². The quantitative estimate of drug-likeness (QED) is 0.633. The number of aliphatic hydroxyl groups is 1. The molecule has 2 atom stereocenters. The molecule has 3 heterocycles. The lowest BCUT2D eigenvalue weighted by atomic mass is 9.97. The van der Waals surface area contributed by atoms with Gasteiger partial charge in [0.15, 0.2) is 5.69 Å². The number of hydrogen-bond acceptors (Lipinski definition) is 6. The number of nitrogens with zero attached hydrogens (tertiary/aromatic N) is 3. The monoisotopic (exact) mass is 281 g/mol. The van der Waals surface area contributed by atoms with Crippen molar-refractivity contribution in [2.75, 3.05) is 26.2 Å². The summed E-state index contributed by atoms with van der Waals surface area (Å²) >= 11 is 0. The van der Waals surface area contributed by atoms with E-state index in [1.807, 2.05) is 0 Å². The largest absolute Gasteiger partial charge is 0.385 e. The summed E-state index contributed by atoms with van der Waals surface area (Å²) in [5, 5.41) is 24.0. The van der Waals surface area contributed by atoms with Crippen molar-refractivity contribution >= 4 is 5.91 Å². The Labute approximate surface area is 116 Å². The maximum atomic E-state index is 12.0. The Balaban J connectivity index is 1.57. The predicted molar refractivity (Wildman–Crippen MR) is 69.2 cm³/mol. The van der Waals surface area contributed by atoms with E-state index in [1.165, 1.54) is 0 Å². The van der Waals surface area contributed by atoms with E-state index in [0.29, 0.717) is 13.0 Å². The molecule has 2 fully saturated rings. The number of carbonyl (C=O) groups excluding carboxylic acids is 1. The summed E-state index contributed by atoms with van der Waals surface area (Å²) in [7, 11) is 0. The third-order valence-electron chi connectivity index (χ3n) is 4.09. The number of rotatable bonds is 4. The van der Waals surface area contributed by atoms with Gasteiger partial charge in [0.1, 0.15) is 5.60 Å². The van der Waals surface area contributed by atoms with Crippen molar-refractivity contribution in [1.29, 1.82) is 0 Å². The summed E-state index contributed by atoms with van der Waals surface area (Å²) < 4.78 is 7.02. The van der Waals surface area contributed by atoms with Crippen molar-refractivity contribution in [2.45, 2.75) is 31.1 Å². The summed E-state index contributed by atoms with van der Waals surface area (Å²) in [6.07, 6.45) is 1.88. The van der Waals surface area contributed by atoms with E-state index in [2.05, 4.69) is 20.9 Å². The van der Waals surface area contributed by atoms with Crippen LogP contribution in [-0.2, 0) is 4.74 Å². The summed E-state index contributed by atoms with van der Waals surface area (Å²) in [6.45, 7) is 4.17. The molecule has 0 radical (unpaired) electrons. The minimum absolute atomic E-state index is 0.158. The lowest BCUT2D eigenvalue weighted by Crippen LogP contribution is -2.47. The van der Waals surface area contributed by atoms with Gasteiger partial charge in [0.05, 0.1) is 18.3 Å². The van der Waals surface area contributed by atoms with Crippen molar-refractivity contribution in [3.8, 4) is 0 Å². The van der Waals surface area contributed by atoms with Crippen LogP contribution in [0.5, 0.6) is 0 Å². The second kappa shape index (κ2) is 5.12. The number of ether oxygens (including phenoxy) is 1. The van der Waals surface area contributed by atoms with Crippen molar-refractivity contribution < 1.29 is 14.6 Å². The van der Waals surface area contributed by atoms with Gasteiger partial charge in [0.2, 0.25) is 0 Å². The molecular weight excluding hydrogens is 262 g/mol. The minimum atomic E-state index is -0.996. The van der Waals surface area contributed by atoms with Crippen LogP contribution in [0.1, 0.15) is 29.9 Å². The van der Waals surface area contributed by atoms with Crippen molar-refractivity contribution in [3.05, 3.63) is 11.9 Å². The Morgan fingerprint density at radius 3 is 3.10 bits per heavy atom. The molecule has 0 spiro atoms. The first kappa shape index (κ1) is 13.5. The Hall–Kier alpha value is -1.51. The van der Waals surface area contributed by atoms with Crippen LogP contribution < -0.4 is 10.6 Å². The second-order valence-electron chi connectivity index (χ2n) is 5.45. The molecule has 1 aromatic rings. The zero-order valence-corrected chi connectivity index (χ0v) is 11.4. The van der Waals surface area contributed by atoms with Gasteiger partial charge in [-0.25, -0.2) is 4.68 Å². The molecular formula is C12H19N5O3. The van der Waals surface area contributed by atoms with Gasteiger partial charge in [-0.1, -0.05) is 5.21 Å². The van der Waals surface area contributed by atoms with Gasteiger partial charge >= 0.3 is 0 Å². The van der Waals surface area contributed by atoms with E-state index in [4.69, 9.17) is 4.74 Å². The van der Waals surface area contributed by atoms with Crippen LogP contribution in [-0.4, -0.2) is 64.0 Å². The average molecular weight is 281 g/mol. The lowest BCUT2D eigenvalue weighted by Gasteiger charge is -2.26. The van der Waals surface area contributed by atoms with Gasteiger partial charge in [-0.2, -0.15) is 0 Å². The molecule has 2 aliphatic heterocycles. The van der Waals surface area contributed by atoms with Crippen molar-refractivity contribution in [1.82, 2.24) is 25.6 Å². The third-order valence-corrected chi connectivity index (χ3v) is 4.09. The summed E-state index contributed by atoms with van der Waals surface area (Å²) in [6, 6.07) is 0.275. The molecule has 3 rings (SSSR count). The zero-order chi connectivity index (χ0) is 14.2. The van der Waals surface area contributed by atoms with E-state index in [1.54, 1.807) is 17.8 Å². The fraction of sp³-hybridized carbons (Fsp3) is 0.750. The first-order valence-electron chi connectivity index (χ1n) is 6.83. The van der Waals surface area contributed by atoms with Gasteiger partial charge in [0, 0.05) is 32.7 Å². The second-order valence-corrected chi connectivity index (χ2v) is 5.45. The minimum Gasteiger partial charge on any atom is -0.385 e. The summed E-state index contributed by atoms with van der Waals surface area (Å²) in [5.41, 5.74) is -0.726. The van der Waals surface area contributed by atoms with E-state index in [0.717, 1.165) is 13.1 Å². The fourth-order valence-electron chi connectivity index (χ4n) is 2.35. The lowest BCUT2D eigenvalue weighted by molar-refractivity contribution is -0.0252. The summed E-state index contributed by atoms with van der Waals surface area (Å²) in [5.74, 6) is -0.323. The molecule has 110 valence electrons. The number of amides is 1. The van der Waals surface area contributed by atoms with Crippen LogP contribution in [0.25, 0.3) is 0 Å². The van der Waals surface area contributed by atoms with E-state index < -0.39 is 5.60 Å². The van der Waals surface area contributed by atoms with Gasteiger partial charge in [0.25, 0.3) is 5.91 Å². The number of hydrogen-bond donors (Lipinski definition) is 3. The molecule has 0 aliphatic carbocycles. The highest BCUT2D eigenvalue weighted by Crippen LogP contribution is 2.24. The molecule has 0 aromatic carbocycles. The molecule has 2 saturated heterocycles. The van der Waals surface area contributed by atoms with Gasteiger partial charge < -0.3 is 20.5 Å². The van der Waals surface area contributed by atoms with Gasteiger partial charge in [-0.3, -0.25) is 4.79 Å². The molecule has 8 heteroatoms. The molecule has 3 N–H and O–H groups in total. The Morgan fingerprint density at radius 2 is 2.50 bits per heavy atom. The maximum Gasteiger partial charge on any atom is 0.273 e. The molecule has 2 unspecified atom stereocenters. The molecule has 8 nitrogen and oxygen atoms in total.